The van der Waals surface area contributed by atoms with Gasteiger partial charge in [0.05, 0.1) is 12.1 Å². The molecule has 9 nitrogen and oxygen atoms in total. The largest absolute Gasteiger partial charge is 0.481 e. The standard InChI is InChI=1S/C29H29F4N3O6/c1-15-9-17(10-16-7-5-6-8-18(16)29(2,3)4)28(41)36(35-15)13-23(38)34-21(12-24(39)40)22(37)14-42-27-25(32)19(30)11-20(31)26(27)33/h5-9,11,21H,10,12-14H2,1-4H3,(H,34,38)(H,39,40)/t21-/m0/s1. The van der Waals surface area contributed by atoms with Gasteiger partial charge in [0.1, 0.15) is 19.2 Å². The first-order valence-corrected chi connectivity index (χ1v) is 12.7. The number of ketones is 1. The lowest BCUT2D eigenvalue weighted by atomic mass is 9.82. The minimum Gasteiger partial charge on any atom is -0.481 e. The van der Waals surface area contributed by atoms with Gasteiger partial charge in [-0.2, -0.15) is 13.9 Å². The summed E-state index contributed by atoms with van der Waals surface area (Å²) >= 11 is 0. The normalized spacial score (nSPS) is 12.1. The predicted octanol–water partition coefficient (Wildman–Crippen LogP) is 3.60. The topological polar surface area (TPSA) is 128 Å². The molecule has 0 fully saturated rings. The van der Waals surface area contributed by atoms with Crippen LogP contribution in [0.5, 0.6) is 5.75 Å². The Morgan fingerprint density at radius 1 is 1.02 bits per heavy atom. The van der Waals surface area contributed by atoms with E-state index in [4.69, 9.17) is 0 Å². The van der Waals surface area contributed by atoms with Gasteiger partial charge in [0.15, 0.2) is 23.2 Å². The summed E-state index contributed by atoms with van der Waals surface area (Å²) in [5.41, 5.74) is 1.92. The molecule has 0 unspecified atom stereocenters. The molecule has 3 aromatic rings. The quantitative estimate of drug-likeness (QED) is 0.258. The Labute approximate surface area is 238 Å². The van der Waals surface area contributed by atoms with Crippen LogP contribution in [0.3, 0.4) is 0 Å². The molecular formula is C29H29F4N3O6. The maximum Gasteiger partial charge on any atom is 0.305 e. The zero-order chi connectivity index (χ0) is 31.4. The van der Waals surface area contributed by atoms with Crippen molar-refractivity contribution >= 4 is 17.7 Å². The van der Waals surface area contributed by atoms with Gasteiger partial charge in [0.25, 0.3) is 5.56 Å². The summed E-state index contributed by atoms with van der Waals surface area (Å²) in [6.07, 6.45) is -0.704. The van der Waals surface area contributed by atoms with Crippen molar-refractivity contribution in [2.24, 2.45) is 0 Å². The zero-order valence-corrected chi connectivity index (χ0v) is 23.3. The molecule has 0 radical (unpaired) electrons. The number of Topliss-reactive ketones (excluding diaryl/α,β-unsaturated/α-hetero) is 1. The smallest absolute Gasteiger partial charge is 0.305 e. The van der Waals surface area contributed by atoms with Gasteiger partial charge in [-0.3, -0.25) is 19.2 Å². The van der Waals surface area contributed by atoms with Crippen LogP contribution in [0.25, 0.3) is 0 Å². The van der Waals surface area contributed by atoms with Crippen molar-refractivity contribution in [3.05, 3.63) is 92.4 Å². The molecule has 0 aliphatic carbocycles. The molecule has 0 bridgehead atoms. The number of halogens is 4. The molecular weight excluding hydrogens is 562 g/mol. The van der Waals surface area contributed by atoms with E-state index in [2.05, 4.69) is 15.2 Å². The second-order valence-corrected chi connectivity index (χ2v) is 10.6. The van der Waals surface area contributed by atoms with E-state index in [1.165, 1.54) is 0 Å². The van der Waals surface area contributed by atoms with Crippen molar-refractivity contribution in [1.29, 1.82) is 0 Å². The first-order valence-electron chi connectivity index (χ1n) is 12.7. The van der Waals surface area contributed by atoms with Crippen molar-refractivity contribution in [2.75, 3.05) is 6.61 Å². The first kappa shape index (κ1) is 32.0. The number of aromatic nitrogens is 2. The number of nitrogens with one attached hydrogen (secondary N) is 1. The third-order valence-electron chi connectivity index (χ3n) is 6.20. The van der Waals surface area contributed by atoms with E-state index in [0.717, 1.165) is 15.8 Å². The number of aliphatic carboxylic acids is 1. The molecule has 2 N–H and O–H groups in total. The highest BCUT2D eigenvalue weighted by atomic mass is 19.2. The highest BCUT2D eigenvalue weighted by Gasteiger charge is 2.27. The van der Waals surface area contributed by atoms with Gasteiger partial charge in [0.2, 0.25) is 17.5 Å². The molecule has 0 saturated heterocycles. The molecule has 1 heterocycles. The van der Waals surface area contributed by atoms with Crippen LogP contribution in [-0.4, -0.2) is 45.2 Å². The van der Waals surface area contributed by atoms with Crippen molar-refractivity contribution in [2.45, 2.75) is 58.5 Å². The molecule has 2 aromatic carbocycles. The average molecular weight is 592 g/mol. The molecule has 42 heavy (non-hydrogen) atoms. The number of benzene rings is 2. The molecule has 0 spiro atoms. The van der Waals surface area contributed by atoms with Crippen LogP contribution in [0.15, 0.2) is 41.2 Å². The van der Waals surface area contributed by atoms with Crippen LogP contribution in [-0.2, 0) is 32.8 Å². The lowest BCUT2D eigenvalue weighted by Gasteiger charge is -2.23. The summed E-state index contributed by atoms with van der Waals surface area (Å²) in [5, 5.41) is 15.4. The van der Waals surface area contributed by atoms with Gasteiger partial charge in [-0.05, 0) is 29.5 Å². The van der Waals surface area contributed by atoms with Crippen molar-refractivity contribution in [3.8, 4) is 5.75 Å². The van der Waals surface area contributed by atoms with E-state index in [1.807, 2.05) is 45.0 Å². The van der Waals surface area contributed by atoms with E-state index in [-0.39, 0.29) is 17.9 Å². The summed E-state index contributed by atoms with van der Waals surface area (Å²) in [6, 6.07) is 7.38. The Bertz CT molecular complexity index is 1560. The van der Waals surface area contributed by atoms with Gasteiger partial charge in [-0.25, -0.2) is 13.5 Å². The van der Waals surface area contributed by atoms with Gasteiger partial charge in [-0.1, -0.05) is 45.0 Å². The molecule has 1 atom stereocenters. The summed E-state index contributed by atoms with van der Waals surface area (Å²) in [4.78, 5) is 49.9. The van der Waals surface area contributed by atoms with E-state index < -0.39 is 77.9 Å². The van der Waals surface area contributed by atoms with Crippen molar-refractivity contribution in [3.63, 3.8) is 0 Å². The number of carbonyl (C=O) groups is 3. The van der Waals surface area contributed by atoms with Gasteiger partial charge in [-0.15, -0.1) is 0 Å². The van der Waals surface area contributed by atoms with Crippen molar-refractivity contribution < 1.29 is 41.8 Å². The second kappa shape index (κ2) is 13.0. The molecule has 1 aromatic heterocycles. The summed E-state index contributed by atoms with van der Waals surface area (Å²) in [6.45, 7) is 5.82. The Morgan fingerprint density at radius 2 is 1.64 bits per heavy atom. The van der Waals surface area contributed by atoms with E-state index in [9.17, 15) is 41.8 Å². The van der Waals surface area contributed by atoms with E-state index in [0.29, 0.717) is 11.3 Å². The predicted molar refractivity (Wildman–Crippen MR) is 142 cm³/mol. The minimum atomic E-state index is -1.90. The molecule has 0 saturated carbocycles. The molecule has 0 aliphatic rings. The van der Waals surface area contributed by atoms with Crippen LogP contribution in [0.4, 0.5) is 17.6 Å². The fraction of sp³-hybridized carbons (Fsp3) is 0.345. The molecule has 13 heteroatoms. The highest BCUT2D eigenvalue weighted by Crippen LogP contribution is 2.28. The Morgan fingerprint density at radius 3 is 2.24 bits per heavy atom. The lowest BCUT2D eigenvalue weighted by molar-refractivity contribution is -0.140. The SMILES string of the molecule is Cc1cc(Cc2ccccc2C(C)(C)C)c(=O)n(CC(=O)N[C@@H](CC(=O)O)C(=O)COc2c(F)c(F)cc(F)c2F)n1. The Balaban J connectivity index is 1.78. The van der Waals surface area contributed by atoms with Gasteiger partial charge >= 0.3 is 5.97 Å². The number of amides is 1. The number of nitrogens with zero attached hydrogens (tertiary/aromatic N) is 2. The number of aryl methyl sites for hydroxylation is 1. The Hall–Kier alpha value is -4.55. The first-order chi connectivity index (χ1) is 19.6. The minimum absolute atomic E-state index is 0.0527. The fourth-order valence-electron chi connectivity index (χ4n) is 4.31. The van der Waals surface area contributed by atoms with Crippen LogP contribution < -0.4 is 15.6 Å². The average Bonchev–Trinajstić information content (AvgIpc) is 2.89. The maximum absolute atomic E-state index is 13.9. The molecule has 0 aliphatic heterocycles. The summed E-state index contributed by atoms with van der Waals surface area (Å²) in [7, 11) is 0. The van der Waals surface area contributed by atoms with Crippen LogP contribution in [0.2, 0.25) is 0 Å². The van der Waals surface area contributed by atoms with Crippen molar-refractivity contribution in [1.82, 2.24) is 15.1 Å². The lowest BCUT2D eigenvalue weighted by Crippen LogP contribution is -2.46. The zero-order valence-electron chi connectivity index (χ0n) is 23.3. The number of carbonyl (C=O) groups excluding carboxylic acids is 2. The molecule has 3 rings (SSSR count). The summed E-state index contributed by atoms with van der Waals surface area (Å²) in [5.74, 6) is -12.5. The number of hydrogen-bond acceptors (Lipinski definition) is 6. The second-order valence-electron chi connectivity index (χ2n) is 10.6. The third kappa shape index (κ3) is 7.80. The number of rotatable bonds is 11. The van der Waals surface area contributed by atoms with E-state index in [1.54, 1.807) is 13.0 Å². The maximum atomic E-state index is 13.9. The van der Waals surface area contributed by atoms with E-state index >= 15 is 0 Å². The van der Waals surface area contributed by atoms with Crippen LogP contribution in [0.1, 0.15) is 49.6 Å². The molecule has 1 amide bonds. The van der Waals surface area contributed by atoms with Crippen LogP contribution in [0, 0.1) is 30.2 Å². The van der Waals surface area contributed by atoms with Gasteiger partial charge < -0.3 is 15.2 Å². The fourth-order valence-corrected chi connectivity index (χ4v) is 4.31. The third-order valence-corrected chi connectivity index (χ3v) is 6.20. The Kier molecular flexibility index (Phi) is 9.87. The molecule has 224 valence electrons. The monoisotopic (exact) mass is 591 g/mol. The summed E-state index contributed by atoms with van der Waals surface area (Å²) < 4.78 is 60.0. The number of ether oxygens (including phenoxy) is 1. The van der Waals surface area contributed by atoms with Crippen LogP contribution >= 0.6 is 0 Å². The highest BCUT2D eigenvalue weighted by molar-refractivity contribution is 5.92. The number of carboxylic acids is 1. The van der Waals surface area contributed by atoms with Gasteiger partial charge in [0, 0.05) is 18.1 Å². The number of hydrogen-bond donors (Lipinski definition) is 2. The number of carboxylic acid groups (broad SMARTS) is 1.